The molecule has 3 rings (SSSR count). The lowest BCUT2D eigenvalue weighted by Gasteiger charge is -2.09. The molecule has 1 aliphatic heterocycles. The predicted octanol–water partition coefficient (Wildman–Crippen LogP) is 4.20. The normalized spacial score (nSPS) is 13.7. The second-order valence-electron chi connectivity index (χ2n) is 4.19. The highest BCUT2D eigenvalue weighted by Crippen LogP contribution is 2.23. The van der Waals surface area contributed by atoms with Gasteiger partial charge in [-0.2, -0.15) is 0 Å². The van der Waals surface area contributed by atoms with Gasteiger partial charge in [0.2, 0.25) is 0 Å². The SMILES string of the molecule is Clc1ccc2c(c1)C(c1ccccc1)=NCC=C2. The number of aliphatic imine (C=N–C) groups is 1. The van der Waals surface area contributed by atoms with Crippen LogP contribution < -0.4 is 0 Å². The molecule has 18 heavy (non-hydrogen) atoms. The third kappa shape index (κ3) is 2.09. The van der Waals surface area contributed by atoms with Gasteiger partial charge in [0.05, 0.1) is 12.3 Å². The van der Waals surface area contributed by atoms with Crippen molar-refractivity contribution in [3.63, 3.8) is 0 Å². The van der Waals surface area contributed by atoms with Crippen molar-refractivity contribution in [2.45, 2.75) is 0 Å². The number of rotatable bonds is 1. The van der Waals surface area contributed by atoms with Crippen LogP contribution in [-0.2, 0) is 0 Å². The minimum Gasteiger partial charge on any atom is -0.280 e. The molecule has 1 heterocycles. The summed E-state index contributed by atoms with van der Waals surface area (Å²) < 4.78 is 0. The van der Waals surface area contributed by atoms with Crippen LogP contribution in [0.5, 0.6) is 0 Å². The summed E-state index contributed by atoms with van der Waals surface area (Å²) in [5.41, 5.74) is 4.41. The second kappa shape index (κ2) is 4.79. The number of nitrogens with zero attached hydrogens (tertiary/aromatic N) is 1. The molecule has 0 atom stereocenters. The molecular weight excluding hydrogens is 242 g/mol. The van der Waals surface area contributed by atoms with Crippen LogP contribution in [0.25, 0.3) is 6.08 Å². The Balaban J connectivity index is 2.19. The molecule has 0 amide bonds. The molecule has 0 N–H and O–H groups in total. The van der Waals surface area contributed by atoms with Crippen LogP contribution in [0.3, 0.4) is 0 Å². The van der Waals surface area contributed by atoms with Gasteiger partial charge < -0.3 is 0 Å². The van der Waals surface area contributed by atoms with E-state index in [1.807, 2.05) is 36.4 Å². The Hall–Kier alpha value is -1.86. The van der Waals surface area contributed by atoms with Crippen molar-refractivity contribution in [3.8, 4) is 0 Å². The molecule has 0 aliphatic carbocycles. The van der Waals surface area contributed by atoms with Gasteiger partial charge in [0.1, 0.15) is 0 Å². The Morgan fingerprint density at radius 3 is 2.67 bits per heavy atom. The van der Waals surface area contributed by atoms with Gasteiger partial charge in [0, 0.05) is 16.1 Å². The van der Waals surface area contributed by atoms with Crippen LogP contribution in [0.1, 0.15) is 16.7 Å². The zero-order valence-electron chi connectivity index (χ0n) is 9.81. The first-order valence-corrected chi connectivity index (χ1v) is 6.29. The summed E-state index contributed by atoms with van der Waals surface area (Å²) in [7, 11) is 0. The lowest BCUT2D eigenvalue weighted by Crippen LogP contribution is -2.05. The Morgan fingerprint density at radius 1 is 1.00 bits per heavy atom. The molecule has 88 valence electrons. The van der Waals surface area contributed by atoms with Crippen LogP contribution in [0.2, 0.25) is 5.02 Å². The standard InChI is InChI=1S/C16H12ClN/c17-14-9-8-12-7-4-10-18-16(15(12)11-14)13-5-2-1-3-6-13/h1-9,11H,10H2. The van der Waals surface area contributed by atoms with Crippen LogP contribution in [0.15, 0.2) is 59.6 Å². The van der Waals surface area contributed by atoms with Gasteiger partial charge >= 0.3 is 0 Å². The fourth-order valence-electron chi connectivity index (χ4n) is 2.13. The number of hydrogen-bond donors (Lipinski definition) is 0. The van der Waals surface area contributed by atoms with Crippen LogP contribution in [0.4, 0.5) is 0 Å². The molecule has 2 aromatic rings. The smallest absolute Gasteiger partial charge is 0.0729 e. The predicted molar refractivity (Wildman–Crippen MR) is 77.4 cm³/mol. The van der Waals surface area contributed by atoms with Crippen LogP contribution >= 0.6 is 11.6 Å². The Bertz CT molecular complexity index is 627. The molecule has 2 heteroatoms. The van der Waals surface area contributed by atoms with Crippen molar-refractivity contribution >= 4 is 23.4 Å². The maximum absolute atomic E-state index is 6.10. The summed E-state index contributed by atoms with van der Waals surface area (Å²) in [6.45, 7) is 0.705. The highest BCUT2D eigenvalue weighted by atomic mass is 35.5. The quantitative estimate of drug-likeness (QED) is 0.722. The van der Waals surface area contributed by atoms with Crippen molar-refractivity contribution in [3.05, 3.63) is 76.3 Å². The van der Waals surface area contributed by atoms with Gasteiger partial charge in [-0.15, -0.1) is 0 Å². The summed E-state index contributed by atoms with van der Waals surface area (Å²) >= 11 is 6.10. The molecule has 0 aromatic heterocycles. The summed E-state index contributed by atoms with van der Waals surface area (Å²) in [5.74, 6) is 0. The van der Waals surface area contributed by atoms with Gasteiger partial charge in [-0.25, -0.2) is 0 Å². The van der Waals surface area contributed by atoms with E-state index in [4.69, 9.17) is 11.6 Å². The topological polar surface area (TPSA) is 12.4 Å². The summed E-state index contributed by atoms with van der Waals surface area (Å²) in [6, 6.07) is 16.2. The van der Waals surface area contributed by atoms with Crippen molar-refractivity contribution in [2.75, 3.05) is 6.54 Å². The van der Waals surface area contributed by atoms with E-state index in [0.717, 1.165) is 21.9 Å². The zero-order chi connectivity index (χ0) is 12.4. The first-order chi connectivity index (χ1) is 8.84. The molecule has 1 nitrogen and oxygen atoms in total. The monoisotopic (exact) mass is 253 g/mol. The minimum atomic E-state index is 0.705. The first-order valence-electron chi connectivity index (χ1n) is 5.91. The Kier molecular flexibility index (Phi) is 2.99. The summed E-state index contributed by atoms with van der Waals surface area (Å²) in [5, 5.41) is 0.743. The van der Waals surface area contributed by atoms with Crippen LogP contribution in [-0.4, -0.2) is 12.3 Å². The van der Waals surface area contributed by atoms with E-state index < -0.39 is 0 Å². The molecule has 2 aromatic carbocycles. The lowest BCUT2D eigenvalue weighted by atomic mass is 9.98. The van der Waals surface area contributed by atoms with E-state index >= 15 is 0 Å². The van der Waals surface area contributed by atoms with E-state index in [1.54, 1.807) is 0 Å². The minimum absolute atomic E-state index is 0.705. The molecule has 0 saturated carbocycles. The molecule has 0 radical (unpaired) electrons. The molecule has 0 saturated heterocycles. The van der Waals surface area contributed by atoms with Crippen molar-refractivity contribution in [1.29, 1.82) is 0 Å². The van der Waals surface area contributed by atoms with Gasteiger partial charge in [-0.05, 0) is 17.7 Å². The second-order valence-corrected chi connectivity index (χ2v) is 4.63. The number of hydrogen-bond acceptors (Lipinski definition) is 1. The van der Waals surface area contributed by atoms with Crippen molar-refractivity contribution < 1.29 is 0 Å². The van der Waals surface area contributed by atoms with Crippen LogP contribution in [0, 0.1) is 0 Å². The Morgan fingerprint density at radius 2 is 1.83 bits per heavy atom. The fourth-order valence-corrected chi connectivity index (χ4v) is 2.30. The third-order valence-corrected chi connectivity index (χ3v) is 3.21. The highest BCUT2D eigenvalue weighted by molar-refractivity contribution is 6.31. The van der Waals surface area contributed by atoms with Gasteiger partial charge in [-0.3, -0.25) is 4.99 Å². The fraction of sp³-hybridized carbons (Fsp3) is 0.0625. The molecule has 0 unspecified atom stereocenters. The average molecular weight is 254 g/mol. The maximum atomic E-state index is 6.10. The largest absolute Gasteiger partial charge is 0.280 e. The lowest BCUT2D eigenvalue weighted by molar-refractivity contribution is 1.25. The number of fused-ring (bicyclic) bond motifs is 1. The first kappa shape index (κ1) is 11.2. The molecule has 0 spiro atoms. The highest BCUT2D eigenvalue weighted by Gasteiger charge is 2.12. The summed E-state index contributed by atoms with van der Waals surface area (Å²) in [4.78, 5) is 4.65. The molecule has 1 aliphatic rings. The van der Waals surface area contributed by atoms with E-state index in [2.05, 4.69) is 29.3 Å². The zero-order valence-corrected chi connectivity index (χ0v) is 10.6. The van der Waals surface area contributed by atoms with E-state index in [0.29, 0.717) is 6.54 Å². The summed E-state index contributed by atoms with van der Waals surface area (Å²) in [6.07, 6.45) is 4.17. The molecular formula is C16H12ClN. The van der Waals surface area contributed by atoms with E-state index in [-0.39, 0.29) is 0 Å². The number of benzene rings is 2. The number of halogens is 1. The van der Waals surface area contributed by atoms with Crippen molar-refractivity contribution in [2.24, 2.45) is 4.99 Å². The molecule has 0 fully saturated rings. The Labute approximate surface area is 111 Å². The van der Waals surface area contributed by atoms with Gasteiger partial charge in [0.25, 0.3) is 0 Å². The van der Waals surface area contributed by atoms with E-state index in [1.165, 1.54) is 5.56 Å². The molecule has 0 bridgehead atoms. The third-order valence-electron chi connectivity index (χ3n) is 2.97. The maximum Gasteiger partial charge on any atom is 0.0729 e. The average Bonchev–Trinajstić information content (AvgIpc) is 2.61. The van der Waals surface area contributed by atoms with Crippen molar-refractivity contribution in [1.82, 2.24) is 0 Å². The van der Waals surface area contributed by atoms with Gasteiger partial charge in [0.15, 0.2) is 0 Å². The van der Waals surface area contributed by atoms with Gasteiger partial charge in [-0.1, -0.05) is 60.2 Å². The van der Waals surface area contributed by atoms with E-state index in [9.17, 15) is 0 Å².